The van der Waals surface area contributed by atoms with E-state index in [1.807, 2.05) is 0 Å². The minimum Gasteiger partial charge on any atom is -0.359 e. The summed E-state index contributed by atoms with van der Waals surface area (Å²) in [4.78, 5) is 0. The van der Waals surface area contributed by atoms with Crippen molar-refractivity contribution in [3.05, 3.63) is 47.0 Å². The molecule has 0 aromatic heterocycles. The molecule has 0 atom stereocenters. The van der Waals surface area contributed by atoms with Crippen LogP contribution in [0.1, 0.15) is 18.1 Å². The molecule has 4 nitrogen and oxygen atoms in total. The molecule has 0 spiro atoms. The summed E-state index contributed by atoms with van der Waals surface area (Å²) in [5, 5.41) is 39.0. The molecule has 1 aliphatic carbocycles. The first-order valence-electron chi connectivity index (χ1n) is 4.55. The highest BCUT2D eigenvalue weighted by Gasteiger charge is 2.42. The lowest BCUT2D eigenvalue weighted by atomic mass is 9.83. The maximum Gasteiger partial charge on any atom is 0.213 e. The number of hydrogen-bond donors (Lipinski definition) is 4. The Hall–Kier alpha value is -1.20. The molecule has 0 heterocycles. The van der Waals surface area contributed by atoms with Gasteiger partial charge >= 0.3 is 0 Å². The van der Waals surface area contributed by atoms with Gasteiger partial charge in [-0.3, -0.25) is 0 Å². The van der Waals surface area contributed by atoms with Gasteiger partial charge in [0.05, 0.1) is 0 Å². The third-order valence-corrected chi connectivity index (χ3v) is 2.67. The van der Waals surface area contributed by atoms with Crippen molar-refractivity contribution in [1.82, 2.24) is 0 Å². The van der Waals surface area contributed by atoms with Gasteiger partial charge in [0.2, 0.25) is 11.6 Å². The van der Waals surface area contributed by atoms with Crippen LogP contribution in [0.5, 0.6) is 0 Å². The van der Waals surface area contributed by atoms with Gasteiger partial charge < -0.3 is 20.4 Å². The second-order valence-corrected chi connectivity index (χ2v) is 3.77. The Morgan fingerprint density at radius 2 is 1.47 bits per heavy atom. The highest BCUT2D eigenvalue weighted by Crippen LogP contribution is 2.39. The van der Waals surface area contributed by atoms with Gasteiger partial charge in [-0.15, -0.1) is 0 Å². The molecular weight excluding hydrogens is 196 g/mol. The molecule has 0 bridgehead atoms. The number of aliphatic hydroxyl groups is 4. The van der Waals surface area contributed by atoms with Crippen LogP contribution in [-0.4, -0.2) is 20.4 Å². The molecule has 4 heteroatoms. The van der Waals surface area contributed by atoms with E-state index in [0.717, 1.165) is 6.08 Å². The Morgan fingerprint density at radius 1 is 0.933 bits per heavy atom. The smallest absolute Gasteiger partial charge is 0.213 e. The average Bonchev–Trinajstić information content (AvgIpc) is 2.15. The molecule has 15 heavy (non-hydrogen) atoms. The van der Waals surface area contributed by atoms with Gasteiger partial charge in [-0.2, -0.15) is 0 Å². The molecule has 0 amide bonds. The summed E-state index contributed by atoms with van der Waals surface area (Å²) in [6.07, 6.45) is 1.02. The minimum absolute atomic E-state index is 0.0839. The molecule has 2 rings (SSSR count). The molecule has 0 saturated carbocycles. The highest BCUT2D eigenvalue weighted by molar-refractivity contribution is 5.45. The van der Waals surface area contributed by atoms with Gasteiger partial charge in [0.15, 0.2) is 0 Å². The summed E-state index contributed by atoms with van der Waals surface area (Å²) >= 11 is 0. The first-order chi connectivity index (χ1) is 6.86. The van der Waals surface area contributed by atoms with E-state index in [9.17, 15) is 20.4 Å². The third kappa shape index (κ3) is 1.39. The lowest BCUT2D eigenvalue weighted by molar-refractivity contribution is -0.170. The molecule has 0 aliphatic heterocycles. The van der Waals surface area contributed by atoms with Gasteiger partial charge in [-0.25, -0.2) is 0 Å². The van der Waals surface area contributed by atoms with E-state index in [4.69, 9.17) is 0 Å². The molecule has 0 unspecified atom stereocenters. The summed E-state index contributed by atoms with van der Waals surface area (Å²) < 4.78 is 0. The van der Waals surface area contributed by atoms with Crippen molar-refractivity contribution < 1.29 is 20.4 Å². The van der Waals surface area contributed by atoms with Gasteiger partial charge in [0, 0.05) is 11.1 Å². The van der Waals surface area contributed by atoms with Crippen molar-refractivity contribution in [3.8, 4) is 0 Å². The number of fused-ring (bicyclic) bond motifs is 1. The molecule has 4 N–H and O–H groups in total. The van der Waals surface area contributed by atoms with Crippen LogP contribution < -0.4 is 0 Å². The number of rotatable bonds is 0. The van der Waals surface area contributed by atoms with E-state index in [1.165, 1.54) is 19.1 Å². The first-order valence-corrected chi connectivity index (χ1v) is 4.55. The largest absolute Gasteiger partial charge is 0.359 e. The van der Waals surface area contributed by atoms with Crippen LogP contribution in [0.2, 0.25) is 0 Å². The van der Waals surface area contributed by atoms with Crippen molar-refractivity contribution in [2.24, 2.45) is 0 Å². The van der Waals surface area contributed by atoms with E-state index < -0.39 is 11.6 Å². The maximum absolute atomic E-state index is 9.79. The number of benzene rings is 1. The summed E-state index contributed by atoms with van der Waals surface area (Å²) in [6, 6.07) is 6.10. The van der Waals surface area contributed by atoms with Gasteiger partial charge in [-0.05, 0) is 18.6 Å². The maximum atomic E-state index is 9.79. The average molecular weight is 208 g/mol. The normalized spacial score (nSPS) is 21.8. The molecule has 1 aromatic carbocycles. The van der Waals surface area contributed by atoms with Crippen molar-refractivity contribution >= 4 is 0 Å². The summed E-state index contributed by atoms with van der Waals surface area (Å²) in [5.41, 5.74) is 0.266. The summed E-state index contributed by atoms with van der Waals surface area (Å²) in [6.45, 7) is 1.43. The fraction of sp³-hybridized carbons (Fsp3) is 0.273. The van der Waals surface area contributed by atoms with Gasteiger partial charge in [0.25, 0.3) is 0 Å². The topological polar surface area (TPSA) is 80.9 Å². The molecule has 0 saturated heterocycles. The van der Waals surface area contributed by atoms with E-state index >= 15 is 0 Å². The minimum atomic E-state index is -2.14. The monoisotopic (exact) mass is 208 g/mol. The van der Waals surface area contributed by atoms with E-state index in [1.54, 1.807) is 12.1 Å². The van der Waals surface area contributed by atoms with E-state index in [-0.39, 0.29) is 16.7 Å². The molecule has 0 radical (unpaired) electrons. The lowest BCUT2D eigenvalue weighted by Gasteiger charge is -2.35. The van der Waals surface area contributed by atoms with Crippen molar-refractivity contribution in [3.63, 3.8) is 0 Å². The Labute approximate surface area is 86.7 Å². The predicted octanol–water partition coefficient (Wildman–Crippen LogP) is -0.0787. The third-order valence-electron chi connectivity index (χ3n) is 2.67. The van der Waals surface area contributed by atoms with Crippen LogP contribution in [-0.2, 0) is 11.6 Å². The molecule has 1 aromatic rings. The SMILES string of the molecule is CC1=CC(O)(O)c2ccccc2C1(O)O. The van der Waals surface area contributed by atoms with Gasteiger partial charge in [-0.1, -0.05) is 24.3 Å². The second kappa shape index (κ2) is 2.90. The van der Waals surface area contributed by atoms with Crippen LogP contribution in [0.25, 0.3) is 0 Å². The highest BCUT2D eigenvalue weighted by atomic mass is 16.5. The Balaban J connectivity index is 2.73. The second-order valence-electron chi connectivity index (χ2n) is 3.77. The van der Waals surface area contributed by atoms with Crippen molar-refractivity contribution in [2.75, 3.05) is 0 Å². The van der Waals surface area contributed by atoms with Crippen LogP contribution in [0.4, 0.5) is 0 Å². The summed E-state index contributed by atoms with van der Waals surface area (Å²) in [7, 11) is 0. The van der Waals surface area contributed by atoms with Crippen LogP contribution in [0.3, 0.4) is 0 Å². The Morgan fingerprint density at radius 3 is 2.07 bits per heavy atom. The Kier molecular flexibility index (Phi) is 1.99. The fourth-order valence-electron chi connectivity index (χ4n) is 1.80. The first kappa shape index (κ1) is 10.3. The van der Waals surface area contributed by atoms with Gasteiger partial charge in [0.1, 0.15) is 0 Å². The zero-order valence-corrected chi connectivity index (χ0v) is 8.18. The molecule has 0 fully saturated rings. The van der Waals surface area contributed by atoms with E-state index in [0.29, 0.717) is 0 Å². The number of hydrogen-bond acceptors (Lipinski definition) is 4. The Bertz CT molecular complexity index is 432. The van der Waals surface area contributed by atoms with E-state index in [2.05, 4.69) is 0 Å². The van der Waals surface area contributed by atoms with Crippen LogP contribution in [0.15, 0.2) is 35.9 Å². The molecular formula is C11H12O4. The standard InChI is InChI=1S/C11H12O4/c1-7-6-10(12,13)8-4-2-3-5-9(8)11(7,14)15/h2-6,12-15H,1H3. The fourth-order valence-corrected chi connectivity index (χ4v) is 1.80. The van der Waals surface area contributed by atoms with Crippen LogP contribution >= 0.6 is 0 Å². The zero-order chi connectivity index (χ0) is 11.3. The van der Waals surface area contributed by atoms with Crippen molar-refractivity contribution in [1.29, 1.82) is 0 Å². The summed E-state index contributed by atoms with van der Waals surface area (Å²) in [5.74, 6) is -4.28. The quantitative estimate of drug-likeness (QED) is 0.355. The van der Waals surface area contributed by atoms with Crippen molar-refractivity contribution in [2.45, 2.75) is 18.5 Å². The van der Waals surface area contributed by atoms with Crippen LogP contribution in [0, 0.1) is 0 Å². The zero-order valence-electron chi connectivity index (χ0n) is 8.18. The lowest BCUT2D eigenvalue weighted by Crippen LogP contribution is -2.38. The molecule has 80 valence electrons. The predicted molar refractivity (Wildman–Crippen MR) is 52.4 cm³/mol. The molecule has 1 aliphatic rings.